The van der Waals surface area contributed by atoms with Crippen molar-refractivity contribution >= 4 is 18.3 Å². The van der Waals surface area contributed by atoms with Crippen LogP contribution in [0, 0.1) is 0 Å². The minimum Gasteiger partial charge on any atom is -0.378 e. The van der Waals surface area contributed by atoms with Gasteiger partial charge in [-0.1, -0.05) is 6.42 Å². The summed E-state index contributed by atoms with van der Waals surface area (Å²) in [6.07, 6.45) is 6.40. The summed E-state index contributed by atoms with van der Waals surface area (Å²) in [6.45, 7) is 2.78. The van der Waals surface area contributed by atoms with Gasteiger partial charge in [-0.25, -0.2) is 0 Å². The van der Waals surface area contributed by atoms with Crippen molar-refractivity contribution in [3.63, 3.8) is 0 Å². The van der Waals surface area contributed by atoms with E-state index in [0.29, 0.717) is 19.6 Å². The topological polar surface area (TPSA) is 70.2 Å². The van der Waals surface area contributed by atoms with E-state index in [2.05, 4.69) is 15.5 Å². The number of nitrogens with zero attached hydrogens (tertiary/aromatic N) is 2. The van der Waals surface area contributed by atoms with Crippen LogP contribution in [-0.4, -0.2) is 53.9 Å². The van der Waals surface area contributed by atoms with E-state index in [9.17, 15) is 4.79 Å². The second kappa shape index (κ2) is 8.66. The third-order valence-corrected chi connectivity index (χ3v) is 4.62. The number of halogens is 1. The van der Waals surface area contributed by atoms with Crippen LogP contribution in [-0.2, 0) is 28.9 Å². The van der Waals surface area contributed by atoms with E-state index in [4.69, 9.17) is 4.74 Å². The van der Waals surface area contributed by atoms with Gasteiger partial charge in [-0.2, -0.15) is 5.10 Å². The molecule has 0 saturated carbocycles. The molecule has 1 fully saturated rings. The van der Waals surface area contributed by atoms with E-state index >= 15 is 0 Å². The van der Waals surface area contributed by atoms with Crippen LogP contribution in [0.4, 0.5) is 0 Å². The molecule has 1 amide bonds. The van der Waals surface area contributed by atoms with Gasteiger partial charge in [-0.3, -0.25) is 9.89 Å². The molecule has 2 N–H and O–H groups in total. The summed E-state index contributed by atoms with van der Waals surface area (Å²) in [5.41, 5.74) is 3.66. The number of hydrogen-bond acceptors (Lipinski definition) is 4. The van der Waals surface area contributed by atoms with Crippen LogP contribution >= 0.6 is 12.4 Å². The van der Waals surface area contributed by atoms with E-state index in [1.165, 1.54) is 30.5 Å². The number of morpholine rings is 1. The molecule has 1 aromatic rings. The quantitative estimate of drug-likeness (QED) is 0.812. The van der Waals surface area contributed by atoms with E-state index in [0.717, 1.165) is 31.7 Å². The third-order valence-electron chi connectivity index (χ3n) is 4.62. The van der Waals surface area contributed by atoms with Crippen molar-refractivity contribution in [2.75, 3.05) is 26.8 Å². The van der Waals surface area contributed by atoms with Gasteiger partial charge in [-0.15, -0.1) is 12.4 Å². The molecule has 1 aliphatic carbocycles. The Morgan fingerprint density at radius 1 is 1.35 bits per heavy atom. The molecule has 1 aliphatic heterocycles. The summed E-state index contributed by atoms with van der Waals surface area (Å²) in [5.74, 6) is 0.147. The lowest BCUT2D eigenvalue weighted by molar-refractivity contribution is -0.131. The molecule has 130 valence electrons. The van der Waals surface area contributed by atoms with Crippen molar-refractivity contribution in [1.82, 2.24) is 20.4 Å². The molecule has 2 heterocycles. The van der Waals surface area contributed by atoms with Gasteiger partial charge in [0.2, 0.25) is 5.91 Å². The predicted molar refractivity (Wildman–Crippen MR) is 90.8 cm³/mol. The number of aromatic amines is 1. The Labute approximate surface area is 143 Å². The normalized spacial score (nSPS) is 21.0. The highest BCUT2D eigenvalue weighted by atomic mass is 35.5. The Balaban J connectivity index is 0.00000192. The largest absolute Gasteiger partial charge is 0.378 e. The molecule has 7 heteroatoms. The van der Waals surface area contributed by atoms with Gasteiger partial charge in [0.05, 0.1) is 25.5 Å². The monoisotopic (exact) mass is 342 g/mol. The number of fused-ring (bicyclic) bond motifs is 1. The molecule has 1 aromatic heterocycles. The van der Waals surface area contributed by atoms with Gasteiger partial charge in [0, 0.05) is 31.7 Å². The Bertz CT molecular complexity index is 514. The van der Waals surface area contributed by atoms with Crippen LogP contribution in [0.1, 0.15) is 42.6 Å². The summed E-state index contributed by atoms with van der Waals surface area (Å²) in [5, 5.41) is 10.9. The van der Waals surface area contributed by atoms with E-state index in [1.54, 1.807) is 4.90 Å². The van der Waals surface area contributed by atoms with Crippen LogP contribution in [0.2, 0.25) is 0 Å². The predicted octanol–water partition coefficient (Wildman–Crippen LogP) is 1.44. The Kier molecular flexibility index (Phi) is 6.87. The summed E-state index contributed by atoms with van der Waals surface area (Å²) in [6, 6.07) is 0.139. The molecule has 23 heavy (non-hydrogen) atoms. The number of hydrogen-bond donors (Lipinski definition) is 2. The van der Waals surface area contributed by atoms with Crippen molar-refractivity contribution in [2.24, 2.45) is 0 Å². The molecule has 6 nitrogen and oxygen atoms in total. The fraction of sp³-hybridized carbons (Fsp3) is 0.750. The van der Waals surface area contributed by atoms with Gasteiger partial charge < -0.3 is 15.0 Å². The summed E-state index contributed by atoms with van der Waals surface area (Å²) >= 11 is 0. The number of aryl methyl sites for hydroxylation is 1. The maximum atomic E-state index is 12.4. The Morgan fingerprint density at radius 3 is 2.96 bits per heavy atom. The number of ether oxygens (including phenoxy) is 1. The molecule has 1 saturated heterocycles. The second-order valence-corrected chi connectivity index (χ2v) is 6.37. The fourth-order valence-corrected chi connectivity index (χ4v) is 3.29. The molecular weight excluding hydrogens is 316 g/mol. The number of nitrogens with one attached hydrogen (secondary N) is 2. The molecular formula is C16H27ClN4O2. The van der Waals surface area contributed by atoms with Crippen LogP contribution in [0.5, 0.6) is 0 Å². The van der Waals surface area contributed by atoms with Crippen molar-refractivity contribution < 1.29 is 9.53 Å². The first kappa shape index (κ1) is 18.2. The first-order valence-electron chi connectivity index (χ1n) is 8.34. The number of carbonyl (C=O) groups excluding carboxylic acids is 1. The van der Waals surface area contributed by atoms with E-state index < -0.39 is 0 Å². The minimum absolute atomic E-state index is 0. The number of rotatable bonds is 4. The zero-order valence-electron chi connectivity index (χ0n) is 13.8. The Hall–Kier alpha value is -1.11. The summed E-state index contributed by atoms with van der Waals surface area (Å²) < 4.78 is 5.41. The average Bonchev–Trinajstić information content (AvgIpc) is 2.76. The molecule has 1 unspecified atom stereocenters. The average molecular weight is 343 g/mol. The SMILES string of the molecule is CN(Cc1n[nH]c2c1CCCCC2)C(=O)CC1COCCN1.Cl. The van der Waals surface area contributed by atoms with Crippen LogP contribution in [0.3, 0.4) is 0 Å². The zero-order valence-corrected chi connectivity index (χ0v) is 14.6. The lowest BCUT2D eigenvalue weighted by Gasteiger charge is -2.25. The smallest absolute Gasteiger partial charge is 0.224 e. The number of H-pyrrole nitrogens is 1. The molecule has 1 atom stereocenters. The molecule has 2 aliphatic rings. The first-order valence-corrected chi connectivity index (χ1v) is 8.34. The van der Waals surface area contributed by atoms with Gasteiger partial charge in [0.25, 0.3) is 0 Å². The number of aromatic nitrogens is 2. The zero-order chi connectivity index (χ0) is 15.4. The molecule has 3 rings (SSSR count). The molecule has 0 aromatic carbocycles. The molecule has 0 spiro atoms. The highest BCUT2D eigenvalue weighted by Crippen LogP contribution is 2.22. The maximum absolute atomic E-state index is 12.4. The highest BCUT2D eigenvalue weighted by molar-refractivity contribution is 5.85. The number of amides is 1. The lowest BCUT2D eigenvalue weighted by atomic mass is 10.1. The third kappa shape index (κ3) is 4.68. The summed E-state index contributed by atoms with van der Waals surface area (Å²) in [7, 11) is 1.86. The van der Waals surface area contributed by atoms with Crippen LogP contribution in [0.15, 0.2) is 0 Å². The van der Waals surface area contributed by atoms with Crippen molar-refractivity contribution in [3.05, 3.63) is 17.0 Å². The van der Waals surface area contributed by atoms with Crippen molar-refractivity contribution in [1.29, 1.82) is 0 Å². The minimum atomic E-state index is 0. The molecule has 0 bridgehead atoms. The highest BCUT2D eigenvalue weighted by Gasteiger charge is 2.22. The van der Waals surface area contributed by atoms with E-state index in [-0.39, 0.29) is 24.4 Å². The maximum Gasteiger partial charge on any atom is 0.224 e. The lowest BCUT2D eigenvalue weighted by Crippen LogP contribution is -2.44. The Morgan fingerprint density at radius 2 is 2.17 bits per heavy atom. The van der Waals surface area contributed by atoms with Crippen molar-refractivity contribution in [2.45, 2.75) is 51.1 Å². The standard InChI is InChI=1S/C16H26N4O2.ClH/c1-20(16(21)9-12-11-22-8-7-17-12)10-15-13-5-3-2-4-6-14(13)18-19-15;/h12,17H,2-11H2,1H3,(H,18,19);1H. The van der Waals surface area contributed by atoms with Crippen LogP contribution in [0.25, 0.3) is 0 Å². The van der Waals surface area contributed by atoms with Gasteiger partial charge >= 0.3 is 0 Å². The fourth-order valence-electron chi connectivity index (χ4n) is 3.29. The van der Waals surface area contributed by atoms with E-state index in [1.807, 2.05) is 7.05 Å². The second-order valence-electron chi connectivity index (χ2n) is 6.37. The number of carbonyl (C=O) groups is 1. The van der Waals surface area contributed by atoms with Gasteiger partial charge in [0.1, 0.15) is 0 Å². The van der Waals surface area contributed by atoms with Gasteiger partial charge in [-0.05, 0) is 31.2 Å². The summed E-state index contributed by atoms with van der Waals surface area (Å²) in [4.78, 5) is 14.2. The molecule has 0 radical (unpaired) electrons. The van der Waals surface area contributed by atoms with Crippen molar-refractivity contribution in [3.8, 4) is 0 Å². The van der Waals surface area contributed by atoms with Crippen LogP contribution < -0.4 is 5.32 Å². The van der Waals surface area contributed by atoms with Gasteiger partial charge in [0.15, 0.2) is 0 Å². The first-order chi connectivity index (χ1) is 10.7.